The van der Waals surface area contributed by atoms with E-state index in [4.69, 9.17) is 9.47 Å². The smallest absolute Gasteiger partial charge is 0.488 e. The first-order valence-electron chi connectivity index (χ1n) is 7.72. The lowest BCUT2D eigenvalue weighted by Crippen LogP contribution is -2.11. The standard InChI is InChI=1S/C19H21FO4/c1-5-14-9-13(3)16(20)10-18(14)23-11-15-12(2)7-6-8-17(15)24-19(21)22-4/h6-10H,5,11H2,1-4H3. The van der Waals surface area contributed by atoms with E-state index in [-0.39, 0.29) is 12.4 Å². The quantitative estimate of drug-likeness (QED) is 0.586. The third kappa shape index (κ3) is 4.04. The predicted molar refractivity (Wildman–Crippen MR) is 89.1 cm³/mol. The van der Waals surface area contributed by atoms with Crippen molar-refractivity contribution in [2.75, 3.05) is 7.11 Å². The van der Waals surface area contributed by atoms with Gasteiger partial charge >= 0.3 is 6.16 Å². The zero-order valence-electron chi connectivity index (χ0n) is 14.3. The molecule has 2 aromatic carbocycles. The average molecular weight is 332 g/mol. The summed E-state index contributed by atoms with van der Waals surface area (Å²) in [5, 5.41) is 0. The van der Waals surface area contributed by atoms with Gasteiger partial charge in [-0.1, -0.05) is 19.1 Å². The number of aryl methyl sites for hydroxylation is 3. The van der Waals surface area contributed by atoms with Gasteiger partial charge < -0.3 is 14.2 Å². The highest BCUT2D eigenvalue weighted by atomic mass is 19.1. The van der Waals surface area contributed by atoms with Crippen LogP contribution in [0, 0.1) is 19.7 Å². The zero-order valence-corrected chi connectivity index (χ0v) is 14.3. The summed E-state index contributed by atoms with van der Waals surface area (Å²) in [5.74, 6) is 0.554. The number of hydrogen-bond donors (Lipinski definition) is 0. The highest BCUT2D eigenvalue weighted by Gasteiger charge is 2.14. The highest BCUT2D eigenvalue weighted by molar-refractivity contribution is 5.64. The maximum absolute atomic E-state index is 13.8. The Morgan fingerprint density at radius 1 is 1.12 bits per heavy atom. The van der Waals surface area contributed by atoms with Crippen LogP contribution in [0.5, 0.6) is 11.5 Å². The number of carbonyl (C=O) groups is 1. The molecule has 0 bridgehead atoms. The van der Waals surface area contributed by atoms with Gasteiger partial charge in [0, 0.05) is 11.6 Å². The molecule has 0 N–H and O–H groups in total. The molecule has 0 amide bonds. The lowest BCUT2D eigenvalue weighted by molar-refractivity contribution is 0.120. The zero-order chi connectivity index (χ0) is 17.7. The molecular weight excluding hydrogens is 311 g/mol. The molecule has 24 heavy (non-hydrogen) atoms. The van der Waals surface area contributed by atoms with Crippen molar-refractivity contribution in [3.8, 4) is 11.5 Å². The molecule has 0 unspecified atom stereocenters. The predicted octanol–water partition coefficient (Wildman–Crippen LogP) is 4.73. The summed E-state index contributed by atoms with van der Waals surface area (Å²) in [6.07, 6.45) is -0.0621. The summed E-state index contributed by atoms with van der Waals surface area (Å²) in [7, 11) is 1.25. The van der Waals surface area contributed by atoms with Crippen molar-refractivity contribution < 1.29 is 23.4 Å². The van der Waals surface area contributed by atoms with E-state index in [1.165, 1.54) is 13.2 Å². The summed E-state index contributed by atoms with van der Waals surface area (Å²) in [5.41, 5.74) is 3.13. The second-order valence-electron chi connectivity index (χ2n) is 5.46. The maximum atomic E-state index is 13.8. The molecule has 0 heterocycles. The number of carbonyl (C=O) groups excluding carboxylic acids is 1. The summed E-state index contributed by atoms with van der Waals surface area (Å²) in [6.45, 7) is 5.76. The molecule has 0 aliphatic carbocycles. The molecule has 0 radical (unpaired) electrons. The van der Waals surface area contributed by atoms with Crippen LogP contribution in [0.4, 0.5) is 9.18 Å². The Balaban J connectivity index is 2.26. The molecule has 0 saturated heterocycles. The van der Waals surface area contributed by atoms with Crippen molar-refractivity contribution in [2.24, 2.45) is 0 Å². The Morgan fingerprint density at radius 3 is 2.54 bits per heavy atom. The molecule has 0 saturated carbocycles. The van der Waals surface area contributed by atoms with Crippen LogP contribution in [0.2, 0.25) is 0 Å². The minimum atomic E-state index is -0.794. The second-order valence-corrected chi connectivity index (χ2v) is 5.46. The Labute approximate surface area is 141 Å². The largest absolute Gasteiger partial charge is 0.513 e. The minimum absolute atomic E-state index is 0.161. The van der Waals surface area contributed by atoms with Crippen LogP contribution < -0.4 is 9.47 Å². The lowest BCUT2D eigenvalue weighted by Gasteiger charge is -2.15. The average Bonchev–Trinajstić information content (AvgIpc) is 2.56. The van der Waals surface area contributed by atoms with E-state index in [1.54, 1.807) is 25.1 Å². The first-order chi connectivity index (χ1) is 11.5. The van der Waals surface area contributed by atoms with E-state index < -0.39 is 6.16 Å². The van der Waals surface area contributed by atoms with Gasteiger partial charge in [0.15, 0.2) is 0 Å². The summed E-state index contributed by atoms with van der Waals surface area (Å²) >= 11 is 0. The molecule has 0 aromatic heterocycles. The van der Waals surface area contributed by atoms with Crippen molar-refractivity contribution >= 4 is 6.16 Å². The molecular formula is C19H21FO4. The van der Waals surface area contributed by atoms with Crippen LogP contribution in [0.3, 0.4) is 0 Å². The number of ether oxygens (including phenoxy) is 3. The highest BCUT2D eigenvalue weighted by Crippen LogP contribution is 2.28. The van der Waals surface area contributed by atoms with Crippen LogP contribution in [-0.2, 0) is 17.8 Å². The van der Waals surface area contributed by atoms with E-state index >= 15 is 0 Å². The van der Waals surface area contributed by atoms with E-state index in [0.717, 1.165) is 17.5 Å². The van der Waals surface area contributed by atoms with Gasteiger partial charge in [-0.25, -0.2) is 9.18 Å². The number of methoxy groups -OCH3 is 1. The summed E-state index contributed by atoms with van der Waals surface area (Å²) in [6, 6.07) is 8.51. The van der Waals surface area contributed by atoms with Crippen molar-refractivity contribution in [1.82, 2.24) is 0 Å². The van der Waals surface area contributed by atoms with E-state index in [2.05, 4.69) is 4.74 Å². The van der Waals surface area contributed by atoms with Gasteiger partial charge in [-0.15, -0.1) is 0 Å². The molecule has 2 aromatic rings. The van der Waals surface area contributed by atoms with Gasteiger partial charge in [0.1, 0.15) is 23.9 Å². The van der Waals surface area contributed by atoms with E-state index in [0.29, 0.717) is 22.6 Å². The molecule has 4 nitrogen and oxygen atoms in total. The van der Waals surface area contributed by atoms with Crippen LogP contribution in [0.25, 0.3) is 0 Å². The fourth-order valence-electron chi connectivity index (χ4n) is 2.37. The molecule has 128 valence electrons. The SMILES string of the molecule is CCc1cc(C)c(F)cc1OCc1c(C)cccc1OC(=O)OC. The van der Waals surface area contributed by atoms with Crippen molar-refractivity contribution in [3.05, 3.63) is 58.4 Å². The van der Waals surface area contributed by atoms with Crippen LogP contribution in [-0.4, -0.2) is 13.3 Å². The number of rotatable bonds is 5. The molecule has 0 atom stereocenters. The number of benzene rings is 2. The lowest BCUT2D eigenvalue weighted by atomic mass is 10.1. The Bertz CT molecular complexity index is 740. The van der Waals surface area contributed by atoms with Gasteiger partial charge in [-0.05, 0) is 49.1 Å². The summed E-state index contributed by atoms with van der Waals surface area (Å²) < 4.78 is 29.3. The van der Waals surface area contributed by atoms with Crippen LogP contribution in [0.1, 0.15) is 29.2 Å². The second kappa shape index (κ2) is 7.81. The molecule has 0 aliphatic heterocycles. The third-order valence-corrected chi connectivity index (χ3v) is 3.82. The van der Waals surface area contributed by atoms with Crippen LogP contribution >= 0.6 is 0 Å². The fourth-order valence-corrected chi connectivity index (χ4v) is 2.37. The van der Waals surface area contributed by atoms with E-state index in [1.807, 2.05) is 19.9 Å². The molecule has 0 spiro atoms. The third-order valence-electron chi connectivity index (χ3n) is 3.82. The number of halogens is 1. The Hall–Kier alpha value is -2.56. The number of hydrogen-bond acceptors (Lipinski definition) is 4. The normalized spacial score (nSPS) is 10.4. The Morgan fingerprint density at radius 2 is 1.88 bits per heavy atom. The van der Waals surface area contributed by atoms with E-state index in [9.17, 15) is 9.18 Å². The van der Waals surface area contributed by atoms with Gasteiger partial charge in [-0.3, -0.25) is 0 Å². The van der Waals surface area contributed by atoms with Crippen molar-refractivity contribution in [3.63, 3.8) is 0 Å². The maximum Gasteiger partial charge on any atom is 0.513 e. The van der Waals surface area contributed by atoms with Gasteiger partial charge in [0.2, 0.25) is 0 Å². The van der Waals surface area contributed by atoms with Crippen molar-refractivity contribution in [2.45, 2.75) is 33.8 Å². The van der Waals surface area contributed by atoms with Gasteiger partial charge in [0.25, 0.3) is 0 Å². The molecule has 2 rings (SSSR count). The Kier molecular flexibility index (Phi) is 5.79. The van der Waals surface area contributed by atoms with Gasteiger partial charge in [0.05, 0.1) is 7.11 Å². The topological polar surface area (TPSA) is 44.8 Å². The monoisotopic (exact) mass is 332 g/mol. The summed E-state index contributed by atoms with van der Waals surface area (Å²) in [4.78, 5) is 11.4. The molecule has 0 aliphatic rings. The van der Waals surface area contributed by atoms with Crippen LogP contribution in [0.15, 0.2) is 30.3 Å². The fraction of sp³-hybridized carbons (Fsp3) is 0.316. The van der Waals surface area contributed by atoms with Crippen molar-refractivity contribution in [1.29, 1.82) is 0 Å². The first kappa shape index (κ1) is 17.8. The molecule has 5 heteroatoms. The first-order valence-corrected chi connectivity index (χ1v) is 7.72. The van der Waals surface area contributed by atoms with Gasteiger partial charge in [-0.2, -0.15) is 0 Å². The minimum Gasteiger partial charge on any atom is -0.488 e. The molecule has 0 fully saturated rings.